The predicted octanol–water partition coefficient (Wildman–Crippen LogP) is 5.23. The second-order valence-electron chi connectivity index (χ2n) is 11.5. The minimum Gasteiger partial charge on any atom is -0.480 e. The first-order valence-electron chi connectivity index (χ1n) is 15.6. The number of halogens is 2. The van der Waals surface area contributed by atoms with Crippen molar-refractivity contribution in [3.05, 3.63) is 70.2 Å². The molecular weight excluding hydrogens is 641 g/mol. The summed E-state index contributed by atoms with van der Waals surface area (Å²) in [6.45, 7) is 3.10. The Morgan fingerprint density at radius 2 is 1.47 bits per heavy atom. The minimum atomic E-state index is 0.0859. The van der Waals surface area contributed by atoms with E-state index in [9.17, 15) is 4.79 Å². The Balaban J connectivity index is 1.22. The third-order valence-corrected chi connectivity index (χ3v) is 9.15. The predicted molar refractivity (Wildman–Crippen MR) is 181 cm³/mol. The SMILES string of the molecule is COc1nc(-c2cccc(-c3cccc(-c4cnc(CNC5CCCOC5)c(OC)n4)c3Cl)c2Cl)cnc1CNC[C@@H]1CCC(=O)N1. The number of benzene rings is 2. The summed E-state index contributed by atoms with van der Waals surface area (Å²) >= 11 is 14.1. The van der Waals surface area contributed by atoms with Crippen LogP contribution < -0.4 is 25.4 Å². The van der Waals surface area contributed by atoms with Crippen molar-refractivity contribution in [3.63, 3.8) is 0 Å². The zero-order chi connectivity index (χ0) is 32.8. The highest BCUT2D eigenvalue weighted by Gasteiger charge is 2.22. The zero-order valence-electron chi connectivity index (χ0n) is 26.3. The molecule has 0 saturated carbocycles. The second kappa shape index (κ2) is 15.4. The monoisotopic (exact) mass is 677 g/mol. The molecule has 2 aliphatic rings. The van der Waals surface area contributed by atoms with Gasteiger partial charge in [0.15, 0.2) is 0 Å². The van der Waals surface area contributed by atoms with Crippen LogP contribution in [0, 0.1) is 0 Å². The Hall–Kier alpha value is -3.87. The summed E-state index contributed by atoms with van der Waals surface area (Å²) in [4.78, 5) is 30.3. The van der Waals surface area contributed by atoms with Gasteiger partial charge in [0.1, 0.15) is 11.4 Å². The molecule has 6 rings (SSSR count). The van der Waals surface area contributed by atoms with Crippen molar-refractivity contribution in [2.45, 2.75) is 50.9 Å². The summed E-state index contributed by atoms with van der Waals surface area (Å²) in [5.74, 6) is 0.915. The molecule has 1 unspecified atom stereocenters. The summed E-state index contributed by atoms with van der Waals surface area (Å²) in [5, 5.41) is 10.7. The topological polar surface area (TPSA) is 132 Å². The molecule has 0 bridgehead atoms. The van der Waals surface area contributed by atoms with Crippen molar-refractivity contribution in [2.24, 2.45) is 0 Å². The number of ether oxygens (including phenoxy) is 3. The number of amides is 1. The molecule has 2 fully saturated rings. The lowest BCUT2D eigenvalue weighted by Crippen LogP contribution is -2.36. The smallest absolute Gasteiger partial charge is 0.237 e. The maximum atomic E-state index is 11.5. The van der Waals surface area contributed by atoms with Gasteiger partial charge in [-0.05, 0) is 19.3 Å². The lowest BCUT2D eigenvalue weighted by molar-refractivity contribution is -0.119. The number of nitrogens with zero attached hydrogens (tertiary/aromatic N) is 4. The van der Waals surface area contributed by atoms with Crippen molar-refractivity contribution in [1.29, 1.82) is 0 Å². The van der Waals surface area contributed by atoms with Crippen molar-refractivity contribution in [1.82, 2.24) is 35.9 Å². The Morgan fingerprint density at radius 3 is 2.00 bits per heavy atom. The lowest BCUT2D eigenvalue weighted by Gasteiger charge is -2.23. The molecule has 2 aliphatic heterocycles. The number of nitrogens with one attached hydrogen (secondary N) is 3. The van der Waals surface area contributed by atoms with E-state index >= 15 is 0 Å². The molecule has 3 N–H and O–H groups in total. The van der Waals surface area contributed by atoms with Crippen LogP contribution in [0.2, 0.25) is 10.0 Å². The van der Waals surface area contributed by atoms with E-state index in [0.29, 0.717) is 88.4 Å². The van der Waals surface area contributed by atoms with Gasteiger partial charge < -0.3 is 30.2 Å². The molecule has 47 heavy (non-hydrogen) atoms. The number of carbonyl (C=O) groups is 1. The molecule has 2 saturated heterocycles. The van der Waals surface area contributed by atoms with Gasteiger partial charge in [0.25, 0.3) is 0 Å². The minimum absolute atomic E-state index is 0.0859. The van der Waals surface area contributed by atoms with Gasteiger partial charge in [-0.3, -0.25) is 14.8 Å². The largest absolute Gasteiger partial charge is 0.480 e. The summed E-state index contributed by atoms with van der Waals surface area (Å²) < 4.78 is 16.8. The summed E-state index contributed by atoms with van der Waals surface area (Å²) in [5.41, 5.74) is 5.37. The van der Waals surface area contributed by atoms with Crippen LogP contribution in [0.15, 0.2) is 48.8 Å². The van der Waals surface area contributed by atoms with E-state index in [1.54, 1.807) is 26.6 Å². The number of rotatable bonds is 12. The molecule has 2 aromatic heterocycles. The van der Waals surface area contributed by atoms with E-state index in [1.165, 1.54) is 0 Å². The molecule has 2 aromatic carbocycles. The lowest BCUT2D eigenvalue weighted by atomic mass is 9.98. The quantitative estimate of drug-likeness (QED) is 0.183. The first-order chi connectivity index (χ1) is 22.9. The van der Waals surface area contributed by atoms with Crippen LogP contribution in [-0.2, 0) is 22.6 Å². The van der Waals surface area contributed by atoms with Crippen LogP contribution in [0.1, 0.15) is 37.1 Å². The average Bonchev–Trinajstić information content (AvgIpc) is 3.52. The molecule has 13 heteroatoms. The normalized spacial score (nSPS) is 17.8. The molecule has 4 heterocycles. The summed E-state index contributed by atoms with van der Waals surface area (Å²) in [7, 11) is 3.15. The van der Waals surface area contributed by atoms with Crippen molar-refractivity contribution in [2.75, 3.05) is 34.0 Å². The van der Waals surface area contributed by atoms with Gasteiger partial charge >= 0.3 is 0 Å². The van der Waals surface area contributed by atoms with Crippen molar-refractivity contribution in [3.8, 4) is 45.4 Å². The number of aromatic nitrogens is 4. The fraction of sp³-hybridized carbons (Fsp3) is 0.382. The third-order valence-electron chi connectivity index (χ3n) is 8.34. The molecule has 0 spiro atoms. The van der Waals surface area contributed by atoms with Gasteiger partial charge in [0.05, 0.1) is 54.7 Å². The molecule has 2 atom stereocenters. The molecular formula is C34H37Cl2N7O4. The molecule has 0 aliphatic carbocycles. The van der Waals surface area contributed by atoms with Crippen LogP contribution >= 0.6 is 23.2 Å². The fourth-order valence-electron chi connectivity index (χ4n) is 5.84. The third kappa shape index (κ3) is 7.66. The van der Waals surface area contributed by atoms with Crippen LogP contribution in [0.4, 0.5) is 0 Å². The Labute approximate surface area is 283 Å². The van der Waals surface area contributed by atoms with Crippen molar-refractivity contribution < 1.29 is 19.0 Å². The highest BCUT2D eigenvalue weighted by Crippen LogP contribution is 2.42. The molecule has 11 nitrogen and oxygen atoms in total. The second-order valence-corrected chi connectivity index (χ2v) is 12.2. The summed E-state index contributed by atoms with van der Waals surface area (Å²) in [6.07, 6.45) is 6.87. The van der Waals surface area contributed by atoms with E-state index < -0.39 is 0 Å². The average molecular weight is 679 g/mol. The van der Waals surface area contributed by atoms with E-state index in [1.807, 2.05) is 36.4 Å². The van der Waals surface area contributed by atoms with Gasteiger partial charge in [-0.2, -0.15) is 0 Å². The Bertz CT molecular complexity index is 1740. The first-order valence-corrected chi connectivity index (χ1v) is 16.4. The molecule has 4 aromatic rings. The van der Waals surface area contributed by atoms with Crippen LogP contribution in [0.5, 0.6) is 11.8 Å². The van der Waals surface area contributed by atoms with Gasteiger partial charge in [0, 0.05) is 67.0 Å². The Morgan fingerprint density at radius 1 is 0.872 bits per heavy atom. The maximum Gasteiger partial charge on any atom is 0.237 e. The zero-order valence-corrected chi connectivity index (χ0v) is 27.8. The Kier molecular flexibility index (Phi) is 10.8. The number of hydrogen-bond donors (Lipinski definition) is 3. The van der Waals surface area contributed by atoms with E-state index in [0.717, 1.165) is 37.0 Å². The number of carbonyl (C=O) groups excluding carboxylic acids is 1. The standard InChI is InChI=1S/C34H37Cl2N7O4/c1-45-33-28(15-37-14-20-11-12-30(44)41-20)39-16-26(42-33)24-9-3-7-22(31(24)35)23-8-4-10-25(32(23)36)27-17-40-29(34(43-27)46-2)18-38-21-6-5-13-47-19-21/h3-4,7-10,16-17,20-21,37-38H,5-6,11-15,18-19H2,1-2H3,(H,41,44)/t20-,21?/m0/s1. The molecule has 1 amide bonds. The van der Waals surface area contributed by atoms with Gasteiger partial charge in [-0.25, -0.2) is 9.97 Å². The number of methoxy groups -OCH3 is 2. The molecule has 246 valence electrons. The highest BCUT2D eigenvalue weighted by atomic mass is 35.5. The van der Waals surface area contributed by atoms with Crippen LogP contribution in [-0.4, -0.2) is 71.9 Å². The summed E-state index contributed by atoms with van der Waals surface area (Å²) in [6, 6.07) is 11.8. The van der Waals surface area contributed by atoms with E-state index in [-0.39, 0.29) is 18.0 Å². The fourth-order valence-corrected chi connectivity index (χ4v) is 6.49. The molecule has 0 radical (unpaired) electrons. The maximum absolute atomic E-state index is 11.5. The highest BCUT2D eigenvalue weighted by molar-refractivity contribution is 6.39. The van der Waals surface area contributed by atoms with E-state index in [2.05, 4.69) is 25.9 Å². The van der Waals surface area contributed by atoms with Gasteiger partial charge in [-0.15, -0.1) is 0 Å². The van der Waals surface area contributed by atoms with Crippen LogP contribution in [0.3, 0.4) is 0 Å². The van der Waals surface area contributed by atoms with Crippen molar-refractivity contribution >= 4 is 29.1 Å². The van der Waals surface area contributed by atoms with E-state index in [4.69, 9.17) is 47.4 Å². The first kappa shape index (κ1) is 33.0. The van der Waals surface area contributed by atoms with Gasteiger partial charge in [-0.1, -0.05) is 59.6 Å². The van der Waals surface area contributed by atoms with Gasteiger partial charge in [0.2, 0.25) is 17.7 Å². The number of hydrogen-bond acceptors (Lipinski definition) is 10. The van der Waals surface area contributed by atoms with Crippen LogP contribution in [0.25, 0.3) is 33.6 Å².